The third kappa shape index (κ3) is 5.21. The van der Waals surface area contributed by atoms with Crippen molar-refractivity contribution >= 4 is 0 Å². The molecule has 2 aromatic rings. The molecule has 2 rings (SSSR count). The van der Waals surface area contributed by atoms with Gasteiger partial charge in [0.05, 0.1) is 0 Å². The standard InChI is InChI=1S/C20H26/c1-17(15-19-9-5-3-6-10-19)13-14-18(2)16-20-11-7-4-8-12-20/h3-12,17-18H,13-16H2,1-2H3/t17-,18-/m1/s1. The molecule has 0 saturated heterocycles. The number of hydrogen-bond donors (Lipinski definition) is 0. The largest absolute Gasteiger partial charge is 0.0622 e. The number of hydrogen-bond acceptors (Lipinski definition) is 0. The lowest BCUT2D eigenvalue weighted by Gasteiger charge is -2.16. The Balaban J connectivity index is 1.71. The van der Waals surface area contributed by atoms with Gasteiger partial charge in [0.25, 0.3) is 0 Å². The fourth-order valence-electron chi connectivity index (χ4n) is 2.81. The molecule has 2 atom stereocenters. The van der Waals surface area contributed by atoms with Crippen molar-refractivity contribution in [2.45, 2.75) is 39.5 Å². The van der Waals surface area contributed by atoms with Gasteiger partial charge in [-0.25, -0.2) is 0 Å². The smallest absolute Gasteiger partial charge is 0.0253 e. The first kappa shape index (κ1) is 14.8. The van der Waals surface area contributed by atoms with Crippen molar-refractivity contribution in [3.8, 4) is 0 Å². The second-order valence-corrected chi connectivity index (χ2v) is 6.17. The van der Waals surface area contributed by atoms with Crippen LogP contribution in [0.1, 0.15) is 37.8 Å². The Morgan fingerprint density at radius 2 is 0.950 bits per heavy atom. The molecule has 0 aliphatic heterocycles. The Labute approximate surface area is 123 Å². The highest BCUT2D eigenvalue weighted by atomic mass is 14.1. The lowest BCUT2D eigenvalue weighted by molar-refractivity contribution is 0.427. The van der Waals surface area contributed by atoms with E-state index in [2.05, 4.69) is 74.5 Å². The van der Waals surface area contributed by atoms with E-state index < -0.39 is 0 Å². The molecule has 0 aliphatic rings. The minimum absolute atomic E-state index is 0.774. The molecule has 0 radical (unpaired) electrons. The zero-order valence-electron chi connectivity index (χ0n) is 12.8. The Hall–Kier alpha value is -1.56. The number of benzene rings is 2. The Morgan fingerprint density at radius 1 is 0.600 bits per heavy atom. The summed E-state index contributed by atoms with van der Waals surface area (Å²) in [6.07, 6.45) is 5.06. The monoisotopic (exact) mass is 266 g/mol. The summed E-state index contributed by atoms with van der Waals surface area (Å²) in [7, 11) is 0. The highest BCUT2D eigenvalue weighted by Crippen LogP contribution is 2.19. The Morgan fingerprint density at radius 3 is 1.30 bits per heavy atom. The summed E-state index contributed by atoms with van der Waals surface area (Å²) in [5.41, 5.74) is 2.94. The van der Waals surface area contributed by atoms with Crippen molar-refractivity contribution in [3.63, 3.8) is 0 Å². The van der Waals surface area contributed by atoms with Crippen LogP contribution >= 0.6 is 0 Å². The van der Waals surface area contributed by atoms with Crippen molar-refractivity contribution < 1.29 is 0 Å². The van der Waals surface area contributed by atoms with Gasteiger partial charge in [0.2, 0.25) is 0 Å². The zero-order chi connectivity index (χ0) is 14.2. The van der Waals surface area contributed by atoms with Crippen molar-refractivity contribution in [2.75, 3.05) is 0 Å². The van der Waals surface area contributed by atoms with Gasteiger partial charge in [0, 0.05) is 0 Å². The first-order valence-electron chi connectivity index (χ1n) is 7.82. The lowest BCUT2D eigenvalue weighted by Crippen LogP contribution is -2.05. The van der Waals surface area contributed by atoms with Gasteiger partial charge in [-0.05, 0) is 35.8 Å². The van der Waals surface area contributed by atoms with E-state index in [0.29, 0.717) is 0 Å². The van der Waals surface area contributed by atoms with Crippen molar-refractivity contribution in [1.29, 1.82) is 0 Å². The molecule has 0 fully saturated rings. The maximum Gasteiger partial charge on any atom is -0.0253 e. The second kappa shape index (κ2) is 7.89. The molecule has 0 aliphatic carbocycles. The van der Waals surface area contributed by atoms with Crippen LogP contribution < -0.4 is 0 Å². The van der Waals surface area contributed by atoms with Gasteiger partial charge < -0.3 is 0 Å². The minimum atomic E-state index is 0.774. The van der Waals surface area contributed by atoms with Crippen molar-refractivity contribution in [1.82, 2.24) is 0 Å². The average Bonchev–Trinajstić information content (AvgIpc) is 2.47. The summed E-state index contributed by atoms with van der Waals surface area (Å²) in [5, 5.41) is 0. The molecular formula is C20H26. The maximum atomic E-state index is 2.38. The molecule has 0 amide bonds. The first-order chi connectivity index (χ1) is 9.74. The normalized spacial score (nSPS) is 13.9. The van der Waals surface area contributed by atoms with Crippen LogP contribution in [0.25, 0.3) is 0 Å². The van der Waals surface area contributed by atoms with E-state index in [0.717, 1.165) is 11.8 Å². The minimum Gasteiger partial charge on any atom is -0.0622 e. The second-order valence-electron chi connectivity index (χ2n) is 6.17. The maximum absolute atomic E-state index is 2.38. The van der Waals surface area contributed by atoms with E-state index in [9.17, 15) is 0 Å². The Kier molecular flexibility index (Phi) is 5.86. The van der Waals surface area contributed by atoms with Gasteiger partial charge in [-0.2, -0.15) is 0 Å². The molecule has 0 heterocycles. The van der Waals surface area contributed by atoms with Crippen LogP contribution in [0.4, 0.5) is 0 Å². The molecule has 20 heavy (non-hydrogen) atoms. The Bertz CT molecular complexity index is 424. The predicted molar refractivity (Wildman–Crippen MR) is 87.9 cm³/mol. The van der Waals surface area contributed by atoms with Crippen LogP contribution in [0, 0.1) is 11.8 Å². The molecule has 2 aromatic carbocycles. The van der Waals surface area contributed by atoms with Gasteiger partial charge in [-0.15, -0.1) is 0 Å². The quantitative estimate of drug-likeness (QED) is 0.618. The van der Waals surface area contributed by atoms with Gasteiger partial charge in [0.1, 0.15) is 0 Å². The average molecular weight is 266 g/mol. The summed E-state index contributed by atoms with van der Waals surface area (Å²) >= 11 is 0. The van der Waals surface area contributed by atoms with Crippen LogP contribution in [-0.2, 0) is 12.8 Å². The van der Waals surface area contributed by atoms with Crippen LogP contribution in [-0.4, -0.2) is 0 Å². The van der Waals surface area contributed by atoms with E-state index in [-0.39, 0.29) is 0 Å². The first-order valence-corrected chi connectivity index (χ1v) is 7.82. The summed E-state index contributed by atoms with van der Waals surface area (Å²) in [5.74, 6) is 1.55. The number of rotatable bonds is 7. The summed E-state index contributed by atoms with van der Waals surface area (Å²) in [6.45, 7) is 4.75. The molecule has 0 N–H and O–H groups in total. The van der Waals surface area contributed by atoms with E-state index in [1.807, 2.05) is 0 Å². The summed E-state index contributed by atoms with van der Waals surface area (Å²) in [4.78, 5) is 0. The topological polar surface area (TPSA) is 0 Å². The van der Waals surface area contributed by atoms with Crippen LogP contribution in [0.3, 0.4) is 0 Å². The molecule has 0 nitrogen and oxygen atoms in total. The van der Waals surface area contributed by atoms with Crippen LogP contribution in [0.15, 0.2) is 60.7 Å². The van der Waals surface area contributed by atoms with E-state index >= 15 is 0 Å². The molecule has 0 saturated carbocycles. The third-order valence-electron chi connectivity index (χ3n) is 4.01. The van der Waals surface area contributed by atoms with Crippen molar-refractivity contribution in [3.05, 3.63) is 71.8 Å². The predicted octanol–water partition coefficient (Wildman–Crippen LogP) is 5.52. The fourth-order valence-corrected chi connectivity index (χ4v) is 2.81. The SMILES string of the molecule is C[C@H](CC[C@@H](C)Cc1ccccc1)Cc1ccccc1. The molecule has 0 heteroatoms. The van der Waals surface area contributed by atoms with Gasteiger partial charge in [-0.3, -0.25) is 0 Å². The molecule has 0 aromatic heterocycles. The van der Waals surface area contributed by atoms with E-state index in [4.69, 9.17) is 0 Å². The van der Waals surface area contributed by atoms with Crippen molar-refractivity contribution in [2.24, 2.45) is 11.8 Å². The molecular weight excluding hydrogens is 240 g/mol. The summed E-state index contributed by atoms with van der Waals surface area (Å²) < 4.78 is 0. The van der Waals surface area contributed by atoms with Crippen LogP contribution in [0.5, 0.6) is 0 Å². The highest BCUT2D eigenvalue weighted by Gasteiger charge is 2.08. The van der Waals surface area contributed by atoms with Gasteiger partial charge in [-0.1, -0.05) is 87.4 Å². The fraction of sp³-hybridized carbons (Fsp3) is 0.400. The molecule has 0 unspecified atom stereocenters. The van der Waals surface area contributed by atoms with Gasteiger partial charge >= 0.3 is 0 Å². The third-order valence-corrected chi connectivity index (χ3v) is 4.01. The van der Waals surface area contributed by atoms with E-state index in [1.165, 1.54) is 36.8 Å². The van der Waals surface area contributed by atoms with Gasteiger partial charge in [0.15, 0.2) is 0 Å². The highest BCUT2D eigenvalue weighted by molar-refractivity contribution is 5.16. The zero-order valence-corrected chi connectivity index (χ0v) is 12.8. The summed E-state index contributed by atoms with van der Waals surface area (Å²) in [6, 6.07) is 21.7. The van der Waals surface area contributed by atoms with Crippen LogP contribution in [0.2, 0.25) is 0 Å². The molecule has 106 valence electrons. The van der Waals surface area contributed by atoms with E-state index in [1.54, 1.807) is 0 Å². The lowest BCUT2D eigenvalue weighted by atomic mass is 9.90. The molecule has 0 bridgehead atoms. The molecule has 0 spiro atoms.